The van der Waals surface area contributed by atoms with Gasteiger partial charge in [-0.05, 0) is 13.3 Å². The van der Waals surface area contributed by atoms with Gasteiger partial charge in [0.25, 0.3) is 0 Å². The molecule has 0 radical (unpaired) electrons. The predicted molar refractivity (Wildman–Crippen MR) is 89.1 cm³/mol. The summed E-state index contributed by atoms with van der Waals surface area (Å²) in [4.78, 5) is 34.9. The number of carbonyl (C=O) groups is 2. The summed E-state index contributed by atoms with van der Waals surface area (Å²) in [5.74, 6) is 0.134. The van der Waals surface area contributed by atoms with E-state index >= 15 is 0 Å². The van der Waals surface area contributed by atoms with Crippen LogP contribution in [0.15, 0.2) is 5.38 Å². The summed E-state index contributed by atoms with van der Waals surface area (Å²) in [6.07, 6.45) is 1.16. The summed E-state index contributed by atoms with van der Waals surface area (Å²) in [6.45, 7) is 6.84. The van der Waals surface area contributed by atoms with Gasteiger partial charge in [-0.3, -0.25) is 14.5 Å². The Bertz CT molecular complexity index is 580. The normalized spacial score (nSPS) is 23.4. The van der Waals surface area contributed by atoms with Crippen LogP contribution in [-0.2, 0) is 16.1 Å². The maximum Gasteiger partial charge on any atom is 0.226 e. The van der Waals surface area contributed by atoms with Gasteiger partial charge in [0.15, 0.2) is 0 Å². The van der Waals surface area contributed by atoms with Gasteiger partial charge in [0.1, 0.15) is 0 Å². The lowest BCUT2D eigenvalue weighted by Crippen LogP contribution is -2.51. The Morgan fingerprint density at radius 2 is 2.04 bits per heavy atom. The Balaban J connectivity index is 1.48. The van der Waals surface area contributed by atoms with Crippen LogP contribution in [0.1, 0.15) is 23.5 Å². The maximum absolute atomic E-state index is 12.6. The maximum atomic E-state index is 12.6. The molecule has 1 aromatic rings. The van der Waals surface area contributed by atoms with Crippen molar-refractivity contribution in [2.75, 3.05) is 39.8 Å². The number of piperazine rings is 1. The molecule has 0 saturated carbocycles. The number of thiazole rings is 1. The lowest BCUT2D eigenvalue weighted by atomic mass is 9.94. The zero-order valence-electron chi connectivity index (χ0n) is 13.8. The van der Waals surface area contributed by atoms with Crippen molar-refractivity contribution in [3.63, 3.8) is 0 Å². The number of piperidine rings is 1. The van der Waals surface area contributed by atoms with Crippen LogP contribution in [0.25, 0.3) is 0 Å². The summed E-state index contributed by atoms with van der Waals surface area (Å²) in [7, 11) is 1.81. The van der Waals surface area contributed by atoms with Crippen LogP contribution in [0.2, 0.25) is 0 Å². The van der Waals surface area contributed by atoms with E-state index < -0.39 is 0 Å². The van der Waals surface area contributed by atoms with Gasteiger partial charge in [-0.15, -0.1) is 11.3 Å². The first-order valence-corrected chi connectivity index (χ1v) is 9.07. The van der Waals surface area contributed by atoms with E-state index in [1.165, 1.54) is 0 Å². The molecule has 7 heteroatoms. The van der Waals surface area contributed by atoms with Crippen molar-refractivity contribution >= 4 is 23.2 Å². The smallest absolute Gasteiger partial charge is 0.226 e. The van der Waals surface area contributed by atoms with Crippen molar-refractivity contribution < 1.29 is 9.59 Å². The van der Waals surface area contributed by atoms with E-state index in [1.807, 2.05) is 18.9 Å². The Morgan fingerprint density at radius 3 is 2.65 bits per heavy atom. The van der Waals surface area contributed by atoms with Gasteiger partial charge in [-0.2, -0.15) is 0 Å². The Kier molecular flexibility index (Phi) is 4.96. The molecule has 0 bridgehead atoms. The third kappa shape index (κ3) is 3.90. The molecule has 23 heavy (non-hydrogen) atoms. The van der Waals surface area contributed by atoms with Crippen molar-refractivity contribution in [1.82, 2.24) is 19.7 Å². The average Bonchev–Trinajstić information content (AvgIpc) is 2.95. The molecule has 0 N–H and O–H groups in total. The highest BCUT2D eigenvalue weighted by Crippen LogP contribution is 2.21. The Morgan fingerprint density at radius 1 is 1.30 bits per heavy atom. The highest BCUT2D eigenvalue weighted by atomic mass is 32.1. The van der Waals surface area contributed by atoms with Crippen molar-refractivity contribution in [3.05, 3.63) is 16.1 Å². The fourth-order valence-electron chi connectivity index (χ4n) is 3.25. The summed E-state index contributed by atoms with van der Waals surface area (Å²) < 4.78 is 0. The third-order valence-corrected chi connectivity index (χ3v) is 5.57. The van der Waals surface area contributed by atoms with Crippen molar-refractivity contribution in [1.29, 1.82) is 0 Å². The highest BCUT2D eigenvalue weighted by Gasteiger charge is 2.32. The number of hydrogen-bond acceptors (Lipinski definition) is 5. The van der Waals surface area contributed by atoms with Crippen molar-refractivity contribution in [3.8, 4) is 0 Å². The highest BCUT2D eigenvalue weighted by molar-refractivity contribution is 7.09. The van der Waals surface area contributed by atoms with Crippen molar-refractivity contribution in [2.24, 2.45) is 5.92 Å². The molecule has 3 rings (SSSR count). The summed E-state index contributed by atoms with van der Waals surface area (Å²) in [6, 6.07) is 0. The lowest BCUT2D eigenvalue weighted by molar-refractivity contribution is -0.145. The number of amides is 2. The fraction of sp³-hybridized carbons (Fsp3) is 0.688. The zero-order chi connectivity index (χ0) is 16.4. The van der Waals surface area contributed by atoms with E-state index in [4.69, 9.17) is 0 Å². The molecule has 0 spiro atoms. The monoisotopic (exact) mass is 336 g/mol. The number of hydrogen-bond donors (Lipinski definition) is 0. The molecule has 0 aliphatic carbocycles. The van der Waals surface area contributed by atoms with E-state index in [-0.39, 0.29) is 17.7 Å². The minimum atomic E-state index is -0.119. The van der Waals surface area contributed by atoms with Gasteiger partial charge >= 0.3 is 0 Å². The van der Waals surface area contributed by atoms with Crippen LogP contribution in [0, 0.1) is 12.8 Å². The lowest BCUT2D eigenvalue weighted by Gasteiger charge is -2.37. The molecule has 2 saturated heterocycles. The molecule has 0 aromatic carbocycles. The number of likely N-dealkylation sites (tertiary alicyclic amines) is 1. The number of carbonyl (C=O) groups excluding carboxylic acids is 2. The molecule has 1 aromatic heterocycles. The number of aryl methyl sites for hydroxylation is 1. The van der Waals surface area contributed by atoms with Gasteiger partial charge in [0.05, 0.1) is 10.7 Å². The van der Waals surface area contributed by atoms with E-state index in [9.17, 15) is 9.59 Å². The van der Waals surface area contributed by atoms with Crippen LogP contribution >= 0.6 is 11.3 Å². The number of nitrogens with zero attached hydrogens (tertiary/aromatic N) is 4. The summed E-state index contributed by atoms with van der Waals surface area (Å²) >= 11 is 1.68. The molecule has 6 nitrogen and oxygen atoms in total. The zero-order valence-corrected chi connectivity index (χ0v) is 14.6. The first kappa shape index (κ1) is 16.4. The van der Waals surface area contributed by atoms with Gasteiger partial charge in [0, 0.05) is 64.0 Å². The first-order chi connectivity index (χ1) is 11.0. The van der Waals surface area contributed by atoms with E-state index in [2.05, 4.69) is 15.3 Å². The molecular weight excluding hydrogens is 312 g/mol. The minimum absolute atomic E-state index is 0.0899. The first-order valence-electron chi connectivity index (χ1n) is 8.19. The predicted octanol–water partition coefficient (Wildman–Crippen LogP) is 0.964. The van der Waals surface area contributed by atoms with Crippen LogP contribution in [-0.4, -0.2) is 71.3 Å². The number of aromatic nitrogens is 1. The molecule has 2 amide bonds. The van der Waals surface area contributed by atoms with E-state index in [0.717, 1.165) is 49.8 Å². The molecule has 2 fully saturated rings. The Hall–Kier alpha value is -1.47. The van der Waals surface area contributed by atoms with Gasteiger partial charge in [-0.25, -0.2) is 4.98 Å². The van der Waals surface area contributed by atoms with Crippen LogP contribution in [0.5, 0.6) is 0 Å². The Labute approximate surface area is 141 Å². The quantitative estimate of drug-likeness (QED) is 0.825. The molecule has 126 valence electrons. The molecule has 1 unspecified atom stereocenters. The molecule has 3 heterocycles. The molecule has 2 aliphatic rings. The van der Waals surface area contributed by atoms with Gasteiger partial charge in [-0.1, -0.05) is 0 Å². The van der Waals surface area contributed by atoms with Crippen LogP contribution in [0.4, 0.5) is 0 Å². The van der Waals surface area contributed by atoms with Gasteiger partial charge < -0.3 is 9.80 Å². The summed E-state index contributed by atoms with van der Waals surface area (Å²) in [5.41, 5.74) is 1.12. The van der Waals surface area contributed by atoms with Gasteiger partial charge in [0.2, 0.25) is 11.8 Å². The number of rotatable bonds is 3. The molecule has 2 aliphatic heterocycles. The molecule has 1 atom stereocenters. The summed E-state index contributed by atoms with van der Waals surface area (Å²) in [5, 5.41) is 3.21. The third-order valence-electron chi connectivity index (χ3n) is 4.75. The van der Waals surface area contributed by atoms with E-state index in [1.54, 1.807) is 16.2 Å². The topological polar surface area (TPSA) is 56.8 Å². The fourth-order valence-corrected chi connectivity index (χ4v) is 3.85. The largest absolute Gasteiger partial charge is 0.346 e. The van der Waals surface area contributed by atoms with Crippen LogP contribution in [0.3, 0.4) is 0 Å². The average molecular weight is 336 g/mol. The minimum Gasteiger partial charge on any atom is -0.346 e. The SMILES string of the molecule is Cc1nc(CN2CCN(C(=O)C3CCN(C)C(=O)C3)CC2)cs1. The van der Waals surface area contributed by atoms with Crippen LogP contribution < -0.4 is 0 Å². The molecular formula is C16H24N4O2S. The standard InChI is InChI=1S/C16H24N4O2S/c1-12-17-14(11-23-12)10-19-5-7-20(8-6-19)16(22)13-3-4-18(2)15(21)9-13/h11,13H,3-10H2,1-2H3. The second-order valence-electron chi connectivity index (χ2n) is 6.46. The van der Waals surface area contributed by atoms with Crippen molar-refractivity contribution in [2.45, 2.75) is 26.3 Å². The van der Waals surface area contributed by atoms with E-state index in [0.29, 0.717) is 13.0 Å². The second-order valence-corrected chi connectivity index (χ2v) is 7.53. The second kappa shape index (κ2) is 6.97.